The van der Waals surface area contributed by atoms with Crippen LogP contribution < -0.4 is 0 Å². The largest absolute Gasteiger partial charge is 0.289 e. The van der Waals surface area contributed by atoms with Crippen molar-refractivity contribution in [3.63, 3.8) is 0 Å². The van der Waals surface area contributed by atoms with Crippen LogP contribution in [0, 0.1) is 41.5 Å². The Bertz CT molecular complexity index is 665. The molecule has 0 amide bonds. The lowest BCUT2D eigenvalue weighted by Crippen LogP contribution is -2.09. The summed E-state index contributed by atoms with van der Waals surface area (Å²) in [5.74, 6) is 0.0325. The van der Waals surface area contributed by atoms with Gasteiger partial charge in [0.15, 0.2) is 5.78 Å². The summed E-state index contributed by atoms with van der Waals surface area (Å²) < 4.78 is 0. The molecule has 0 saturated heterocycles. The van der Waals surface area contributed by atoms with E-state index in [1.165, 1.54) is 11.1 Å². The lowest BCUT2D eigenvalue weighted by molar-refractivity contribution is 0.105. The highest BCUT2D eigenvalue weighted by atomic mass is 16.1. The van der Waals surface area contributed by atoms with E-state index in [0.717, 1.165) is 33.4 Å². The number of benzene rings is 2. The summed E-state index contributed by atoms with van der Waals surface area (Å²) in [6.07, 6.45) is 0. The van der Waals surface area contributed by atoms with Gasteiger partial charge in [-0.15, -0.1) is 0 Å². The van der Waals surface area contributed by atoms with Crippen molar-refractivity contribution in [3.8, 4) is 0 Å². The number of carbonyl (C=O) groups is 1. The molecule has 0 unspecified atom stereocenters. The molecule has 22 heavy (non-hydrogen) atoms. The molecule has 0 spiro atoms. The maximum Gasteiger partial charge on any atom is 0.193 e. The van der Waals surface area contributed by atoms with Crippen molar-refractivity contribution in [1.29, 1.82) is 0 Å². The number of allylic oxidation sites excluding steroid dienone is 1. The van der Waals surface area contributed by atoms with E-state index in [9.17, 15) is 4.79 Å². The summed E-state index contributed by atoms with van der Waals surface area (Å²) in [4.78, 5) is 13.0. The molecule has 0 aromatic heterocycles. The van der Waals surface area contributed by atoms with Gasteiger partial charge in [0.1, 0.15) is 0 Å². The molecule has 0 aliphatic carbocycles. The second-order valence-corrected chi connectivity index (χ2v) is 6.36. The molecule has 0 bridgehead atoms. The molecule has 2 aromatic rings. The second kappa shape index (κ2) is 5.92. The Morgan fingerprint density at radius 1 is 0.682 bits per heavy atom. The molecule has 0 heterocycles. The Morgan fingerprint density at radius 2 is 1.00 bits per heavy atom. The summed E-state index contributed by atoms with van der Waals surface area (Å²) in [6.45, 7) is 16.3. The first kappa shape index (κ1) is 16.2. The van der Waals surface area contributed by atoms with E-state index in [-0.39, 0.29) is 5.78 Å². The van der Waals surface area contributed by atoms with Crippen molar-refractivity contribution in [2.24, 2.45) is 0 Å². The van der Waals surface area contributed by atoms with Crippen LogP contribution in [0.4, 0.5) is 0 Å². The van der Waals surface area contributed by atoms with Gasteiger partial charge in [0.2, 0.25) is 0 Å². The van der Waals surface area contributed by atoms with Gasteiger partial charge in [-0.25, -0.2) is 0 Å². The number of hydrogen-bond donors (Lipinski definition) is 0. The lowest BCUT2D eigenvalue weighted by Gasteiger charge is -2.16. The van der Waals surface area contributed by atoms with E-state index < -0.39 is 0 Å². The van der Waals surface area contributed by atoms with E-state index in [4.69, 9.17) is 0 Å². The summed E-state index contributed by atoms with van der Waals surface area (Å²) in [5.41, 5.74) is 9.00. The van der Waals surface area contributed by atoms with Crippen molar-refractivity contribution in [3.05, 3.63) is 75.4 Å². The van der Waals surface area contributed by atoms with Crippen molar-refractivity contribution in [2.75, 3.05) is 0 Å². The smallest absolute Gasteiger partial charge is 0.193 e. The predicted molar refractivity (Wildman–Crippen MR) is 94.7 cm³/mol. The third kappa shape index (κ3) is 2.89. The fourth-order valence-corrected chi connectivity index (χ4v) is 3.46. The highest BCUT2D eigenvalue weighted by Crippen LogP contribution is 2.28. The summed E-state index contributed by atoms with van der Waals surface area (Å²) in [7, 11) is 0. The van der Waals surface area contributed by atoms with Gasteiger partial charge in [0, 0.05) is 11.1 Å². The average Bonchev–Trinajstić information content (AvgIpc) is 2.35. The zero-order chi connectivity index (χ0) is 16.6. The zero-order valence-corrected chi connectivity index (χ0v) is 14.4. The second-order valence-electron chi connectivity index (χ2n) is 6.36. The minimum atomic E-state index is 0.0325. The molecule has 0 saturated carbocycles. The van der Waals surface area contributed by atoms with Gasteiger partial charge in [0.25, 0.3) is 0 Å². The third-order valence-corrected chi connectivity index (χ3v) is 4.16. The van der Waals surface area contributed by atoms with Crippen LogP contribution in [0.5, 0.6) is 0 Å². The minimum Gasteiger partial charge on any atom is -0.289 e. The molecule has 0 aliphatic rings. The number of aryl methyl sites for hydroxylation is 6. The average molecular weight is 292 g/mol. The maximum atomic E-state index is 13.0. The maximum absolute atomic E-state index is 13.0. The monoisotopic (exact) mass is 292 g/mol. The van der Waals surface area contributed by atoms with Gasteiger partial charge in [-0.3, -0.25) is 4.79 Å². The van der Waals surface area contributed by atoms with E-state index >= 15 is 0 Å². The Hall–Kier alpha value is -2.15. The number of rotatable bonds is 3. The van der Waals surface area contributed by atoms with Crippen molar-refractivity contribution >= 4 is 11.4 Å². The van der Waals surface area contributed by atoms with Crippen LogP contribution in [-0.4, -0.2) is 5.78 Å². The van der Waals surface area contributed by atoms with Crippen molar-refractivity contribution < 1.29 is 4.79 Å². The zero-order valence-electron chi connectivity index (χ0n) is 14.4. The fourth-order valence-electron chi connectivity index (χ4n) is 3.46. The van der Waals surface area contributed by atoms with Crippen LogP contribution in [0.2, 0.25) is 0 Å². The minimum absolute atomic E-state index is 0.0325. The molecule has 0 aliphatic heterocycles. The molecule has 0 fully saturated rings. The van der Waals surface area contributed by atoms with E-state index in [1.807, 2.05) is 27.7 Å². The Kier molecular flexibility index (Phi) is 4.37. The summed E-state index contributed by atoms with van der Waals surface area (Å²) >= 11 is 0. The van der Waals surface area contributed by atoms with Crippen molar-refractivity contribution in [1.82, 2.24) is 0 Å². The quantitative estimate of drug-likeness (QED) is 0.544. The van der Waals surface area contributed by atoms with Crippen LogP contribution in [0.3, 0.4) is 0 Å². The highest BCUT2D eigenvalue weighted by Gasteiger charge is 2.19. The Labute approximate surface area is 133 Å². The molecular weight excluding hydrogens is 268 g/mol. The first-order valence-corrected chi connectivity index (χ1v) is 7.62. The summed E-state index contributed by atoms with van der Waals surface area (Å²) in [6, 6.07) is 8.33. The first-order chi connectivity index (χ1) is 10.2. The van der Waals surface area contributed by atoms with Gasteiger partial charge in [-0.1, -0.05) is 42.0 Å². The number of hydrogen-bond acceptors (Lipinski definition) is 1. The highest BCUT2D eigenvalue weighted by molar-refractivity contribution is 6.29. The van der Waals surface area contributed by atoms with Gasteiger partial charge in [0.05, 0.1) is 0 Å². The molecule has 114 valence electrons. The van der Waals surface area contributed by atoms with Gasteiger partial charge in [-0.2, -0.15) is 0 Å². The predicted octanol–water partition coefficient (Wildman–Crippen LogP) is 5.43. The Balaban J connectivity index is 2.54. The van der Waals surface area contributed by atoms with Gasteiger partial charge < -0.3 is 0 Å². The first-order valence-electron chi connectivity index (χ1n) is 7.62. The molecule has 2 aromatic carbocycles. The SMILES string of the molecule is C=C(C(=O)c1c(C)cc(C)cc1C)c1c(C)cc(C)cc1C. The molecule has 0 N–H and O–H groups in total. The summed E-state index contributed by atoms with van der Waals surface area (Å²) in [5, 5.41) is 0. The molecular formula is C21H24O. The van der Waals surface area contributed by atoms with Crippen LogP contribution in [0.1, 0.15) is 49.3 Å². The van der Waals surface area contributed by atoms with E-state index in [1.54, 1.807) is 0 Å². The normalized spacial score (nSPS) is 10.6. The van der Waals surface area contributed by atoms with E-state index in [2.05, 4.69) is 44.7 Å². The van der Waals surface area contributed by atoms with Crippen LogP contribution in [0.25, 0.3) is 5.57 Å². The van der Waals surface area contributed by atoms with Crippen LogP contribution in [-0.2, 0) is 0 Å². The molecule has 1 nitrogen and oxygen atoms in total. The topological polar surface area (TPSA) is 17.1 Å². The number of ketones is 1. The number of Topliss-reactive ketones (excluding diaryl/α,β-unsaturated/α-hetero) is 1. The fraction of sp³-hybridized carbons (Fsp3) is 0.286. The van der Waals surface area contributed by atoms with Gasteiger partial charge >= 0.3 is 0 Å². The van der Waals surface area contributed by atoms with Crippen LogP contribution in [0.15, 0.2) is 30.8 Å². The molecule has 1 heteroatoms. The Morgan fingerprint density at radius 3 is 1.36 bits per heavy atom. The molecule has 0 atom stereocenters. The van der Waals surface area contributed by atoms with Crippen LogP contribution >= 0.6 is 0 Å². The van der Waals surface area contributed by atoms with E-state index in [0.29, 0.717) is 5.57 Å². The molecule has 2 rings (SSSR count). The van der Waals surface area contributed by atoms with Crippen molar-refractivity contribution in [2.45, 2.75) is 41.5 Å². The number of carbonyl (C=O) groups excluding carboxylic acids is 1. The third-order valence-electron chi connectivity index (χ3n) is 4.16. The lowest BCUT2D eigenvalue weighted by atomic mass is 9.87. The molecule has 0 radical (unpaired) electrons. The standard InChI is InChI=1S/C21H24O/c1-12-8-14(3)19(15(4)9-12)18(7)21(22)20-16(5)10-13(2)11-17(20)6/h8-11H,7H2,1-6H3. The van der Waals surface area contributed by atoms with Gasteiger partial charge in [-0.05, 0) is 69.4 Å².